The average Bonchev–Trinajstić information content (AvgIpc) is 2.37. The lowest BCUT2D eigenvalue weighted by molar-refractivity contribution is 0.192. The largest absolute Gasteiger partial charge is 0.385 e. The van der Waals surface area contributed by atoms with Crippen molar-refractivity contribution in [2.24, 2.45) is 5.92 Å². The third kappa shape index (κ3) is 6.75. The smallest absolute Gasteiger partial charge is 0.0462 e. The van der Waals surface area contributed by atoms with Crippen molar-refractivity contribution in [3.63, 3.8) is 0 Å². The molecule has 1 aliphatic rings. The molecule has 0 aromatic carbocycles. The Labute approximate surface area is 114 Å². The third-order valence-electron chi connectivity index (χ3n) is 4.47. The van der Waals surface area contributed by atoms with Crippen LogP contribution in [0.4, 0.5) is 0 Å². The van der Waals surface area contributed by atoms with Gasteiger partial charge >= 0.3 is 0 Å². The molecule has 1 unspecified atom stereocenters. The van der Waals surface area contributed by atoms with Gasteiger partial charge in [0.1, 0.15) is 0 Å². The van der Waals surface area contributed by atoms with Gasteiger partial charge in [-0.25, -0.2) is 0 Å². The molecule has 108 valence electrons. The fourth-order valence-corrected chi connectivity index (χ4v) is 2.91. The van der Waals surface area contributed by atoms with Crippen LogP contribution in [0.1, 0.15) is 71.6 Å². The molecule has 3 atom stereocenters. The van der Waals surface area contributed by atoms with Crippen LogP contribution in [0.15, 0.2) is 0 Å². The fourth-order valence-electron chi connectivity index (χ4n) is 2.91. The molecule has 1 rings (SSSR count). The van der Waals surface area contributed by atoms with Crippen molar-refractivity contribution < 1.29 is 4.74 Å². The Morgan fingerprint density at radius 2 is 1.61 bits per heavy atom. The van der Waals surface area contributed by atoms with E-state index >= 15 is 0 Å². The minimum absolute atomic E-state index is 0.720. The summed E-state index contributed by atoms with van der Waals surface area (Å²) in [5, 5.41) is 3.77. The topological polar surface area (TPSA) is 21.3 Å². The van der Waals surface area contributed by atoms with Crippen LogP contribution in [0.2, 0.25) is 0 Å². The van der Waals surface area contributed by atoms with Gasteiger partial charge in [0.05, 0.1) is 0 Å². The van der Waals surface area contributed by atoms with E-state index in [1.54, 1.807) is 7.11 Å². The molecule has 0 bridgehead atoms. The molecule has 0 spiro atoms. The highest BCUT2D eigenvalue weighted by Gasteiger charge is 2.22. The molecule has 1 aliphatic heterocycles. The number of methoxy groups -OCH3 is 1. The Morgan fingerprint density at radius 3 is 2.28 bits per heavy atom. The molecule has 1 saturated heterocycles. The quantitative estimate of drug-likeness (QED) is 0.625. The summed E-state index contributed by atoms with van der Waals surface area (Å²) in [4.78, 5) is 0. The van der Waals surface area contributed by atoms with Crippen LogP contribution in [0, 0.1) is 5.92 Å². The van der Waals surface area contributed by atoms with Gasteiger partial charge in [-0.1, -0.05) is 39.0 Å². The molecule has 2 heteroatoms. The summed E-state index contributed by atoms with van der Waals surface area (Å²) >= 11 is 0. The number of hydrogen-bond acceptors (Lipinski definition) is 2. The standard InChI is InChI=1S/C16H33NO/c1-14-11-12-16(17-15(14)2)10-8-6-4-5-7-9-13-18-3/h14-17H,4-13H2,1-3H3/t14?,15-,16+/m0/s1. The highest BCUT2D eigenvalue weighted by atomic mass is 16.5. The molecule has 0 aromatic rings. The highest BCUT2D eigenvalue weighted by Crippen LogP contribution is 2.22. The Kier molecular flexibility index (Phi) is 8.70. The van der Waals surface area contributed by atoms with Gasteiger partial charge in [0.15, 0.2) is 0 Å². The van der Waals surface area contributed by atoms with Gasteiger partial charge in [-0.3, -0.25) is 0 Å². The van der Waals surface area contributed by atoms with Crippen molar-refractivity contribution >= 4 is 0 Å². The first-order valence-corrected chi connectivity index (χ1v) is 7.99. The van der Waals surface area contributed by atoms with Crippen LogP contribution >= 0.6 is 0 Å². The number of nitrogens with one attached hydrogen (secondary N) is 1. The van der Waals surface area contributed by atoms with Gasteiger partial charge in [0.2, 0.25) is 0 Å². The Balaban J connectivity index is 1.89. The van der Waals surface area contributed by atoms with Gasteiger partial charge in [-0.2, -0.15) is 0 Å². The maximum atomic E-state index is 5.06. The summed E-state index contributed by atoms with van der Waals surface area (Å²) in [5.41, 5.74) is 0. The van der Waals surface area contributed by atoms with E-state index in [4.69, 9.17) is 4.74 Å². The van der Waals surface area contributed by atoms with Crippen molar-refractivity contribution in [3.05, 3.63) is 0 Å². The van der Waals surface area contributed by atoms with E-state index in [0.717, 1.165) is 24.6 Å². The molecule has 2 nitrogen and oxygen atoms in total. The molecule has 0 saturated carbocycles. The minimum atomic E-state index is 0.720. The zero-order chi connectivity index (χ0) is 13.2. The van der Waals surface area contributed by atoms with E-state index in [0.29, 0.717) is 0 Å². The second-order valence-corrected chi connectivity index (χ2v) is 6.11. The van der Waals surface area contributed by atoms with Crippen LogP contribution in [0.5, 0.6) is 0 Å². The molecule has 1 N–H and O–H groups in total. The van der Waals surface area contributed by atoms with Gasteiger partial charge < -0.3 is 10.1 Å². The van der Waals surface area contributed by atoms with Crippen LogP contribution < -0.4 is 5.32 Å². The van der Waals surface area contributed by atoms with E-state index in [1.807, 2.05) is 0 Å². The maximum absolute atomic E-state index is 5.06. The monoisotopic (exact) mass is 255 g/mol. The van der Waals surface area contributed by atoms with E-state index in [-0.39, 0.29) is 0 Å². The molecule has 1 fully saturated rings. The first-order chi connectivity index (χ1) is 8.74. The summed E-state index contributed by atoms with van der Waals surface area (Å²) in [7, 11) is 1.79. The number of ether oxygens (including phenoxy) is 1. The minimum Gasteiger partial charge on any atom is -0.385 e. The van der Waals surface area contributed by atoms with Crippen LogP contribution in [-0.2, 0) is 4.74 Å². The summed E-state index contributed by atoms with van der Waals surface area (Å²) in [6.45, 7) is 5.64. The first kappa shape index (κ1) is 16.0. The van der Waals surface area contributed by atoms with Crippen molar-refractivity contribution in [1.82, 2.24) is 5.32 Å². The zero-order valence-corrected chi connectivity index (χ0v) is 12.7. The third-order valence-corrected chi connectivity index (χ3v) is 4.47. The second-order valence-electron chi connectivity index (χ2n) is 6.11. The summed E-state index contributed by atoms with van der Waals surface area (Å²) in [5.74, 6) is 0.863. The van der Waals surface area contributed by atoms with E-state index in [9.17, 15) is 0 Å². The molecular formula is C16H33NO. The number of piperidine rings is 1. The summed E-state index contributed by atoms with van der Waals surface area (Å²) in [6.07, 6.45) is 12.4. The Hall–Kier alpha value is -0.0800. The predicted octanol–water partition coefficient (Wildman–Crippen LogP) is 4.14. The van der Waals surface area contributed by atoms with E-state index in [2.05, 4.69) is 19.2 Å². The molecule has 0 amide bonds. The molecule has 1 heterocycles. The lowest BCUT2D eigenvalue weighted by atomic mass is 9.88. The summed E-state index contributed by atoms with van der Waals surface area (Å²) < 4.78 is 5.06. The normalized spacial score (nSPS) is 28.5. The zero-order valence-electron chi connectivity index (χ0n) is 12.7. The van der Waals surface area contributed by atoms with E-state index < -0.39 is 0 Å². The SMILES string of the molecule is COCCCCCCCC[C@@H]1CCC(C)[C@H](C)N1. The molecule has 18 heavy (non-hydrogen) atoms. The number of hydrogen-bond donors (Lipinski definition) is 1. The van der Waals surface area contributed by atoms with Gasteiger partial charge in [-0.15, -0.1) is 0 Å². The van der Waals surface area contributed by atoms with Crippen LogP contribution in [-0.4, -0.2) is 25.8 Å². The Morgan fingerprint density at radius 1 is 0.944 bits per heavy atom. The molecular weight excluding hydrogens is 222 g/mol. The van der Waals surface area contributed by atoms with E-state index in [1.165, 1.54) is 57.8 Å². The van der Waals surface area contributed by atoms with Crippen LogP contribution in [0.25, 0.3) is 0 Å². The van der Waals surface area contributed by atoms with Gasteiger partial charge in [0.25, 0.3) is 0 Å². The number of unbranched alkanes of at least 4 members (excludes halogenated alkanes) is 5. The van der Waals surface area contributed by atoms with Crippen molar-refractivity contribution in [1.29, 1.82) is 0 Å². The molecule has 0 aromatic heterocycles. The lowest BCUT2D eigenvalue weighted by Crippen LogP contribution is -2.44. The molecule has 0 aliphatic carbocycles. The highest BCUT2D eigenvalue weighted by molar-refractivity contribution is 4.81. The average molecular weight is 255 g/mol. The molecule has 0 radical (unpaired) electrons. The Bertz CT molecular complexity index is 196. The maximum Gasteiger partial charge on any atom is 0.0462 e. The fraction of sp³-hybridized carbons (Fsp3) is 1.00. The first-order valence-electron chi connectivity index (χ1n) is 7.99. The van der Waals surface area contributed by atoms with Crippen molar-refractivity contribution in [2.75, 3.05) is 13.7 Å². The summed E-state index contributed by atoms with van der Waals surface area (Å²) in [6, 6.07) is 1.52. The predicted molar refractivity (Wildman–Crippen MR) is 79.0 cm³/mol. The second kappa shape index (κ2) is 9.80. The van der Waals surface area contributed by atoms with Crippen molar-refractivity contribution in [2.45, 2.75) is 83.7 Å². The van der Waals surface area contributed by atoms with Gasteiger partial charge in [0, 0.05) is 25.8 Å². The lowest BCUT2D eigenvalue weighted by Gasteiger charge is -2.33. The van der Waals surface area contributed by atoms with Crippen LogP contribution in [0.3, 0.4) is 0 Å². The van der Waals surface area contributed by atoms with Crippen molar-refractivity contribution in [3.8, 4) is 0 Å². The number of rotatable bonds is 9. The van der Waals surface area contributed by atoms with Gasteiger partial charge in [-0.05, 0) is 38.5 Å².